The number of hydrogen-bond acceptors (Lipinski definition) is 5. The monoisotopic (exact) mass is 283 g/mol. The molecule has 1 heterocycles. The smallest absolute Gasteiger partial charge is 0.266 e. The lowest BCUT2D eigenvalue weighted by atomic mass is 10.2. The lowest BCUT2D eigenvalue weighted by Crippen LogP contribution is -2.11. The zero-order valence-corrected chi connectivity index (χ0v) is 11.0. The Morgan fingerprint density at radius 3 is 2.79 bits per heavy atom. The molecule has 4 N–H and O–H groups in total. The van der Waals surface area contributed by atoms with Crippen LogP contribution in [-0.4, -0.2) is 32.3 Å². The maximum Gasteiger partial charge on any atom is 0.266 e. The Balaban J connectivity index is 2.15. The first-order valence-corrected chi connectivity index (χ1v) is 7.18. The van der Waals surface area contributed by atoms with Gasteiger partial charge in [0.25, 0.3) is 16.0 Å². The van der Waals surface area contributed by atoms with Crippen molar-refractivity contribution >= 4 is 32.6 Å². The van der Waals surface area contributed by atoms with Crippen LogP contribution in [0.25, 0.3) is 10.9 Å². The molecule has 19 heavy (non-hydrogen) atoms. The van der Waals surface area contributed by atoms with E-state index < -0.39 is 16.0 Å². The first-order valence-electron chi connectivity index (χ1n) is 5.36. The van der Waals surface area contributed by atoms with Crippen LogP contribution in [0.5, 0.6) is 0 Å². The molecule has 1 aromatic heterocycles. The molecule has 0 unspecified atom stereocenters. The number of fused-ring (bicyclic) bond motifs is 1. The van der Waals surface area contributed by atoms with E-state index in [1.165, 1.54) is 0 Å². The second-order valence-corrected chi connectivity index (χ2v) is 5.64. The van der Waals surface area contributed by atoms with Crippen LogP contribution in [0.2, 0.25) is 0 Å². The third-order valence-corrected chi connectivity index (χ3v) is 2.98. The highest BCUT2D eigenvalue weighted by Gasteiger charge is 2.06. The number of hydrogen-bond donors (Lipinski definition) is 3. The first kappa shape index (κ1) is 13.4. The summed E-state index contributed by atoms with van der Waals surface area (Å²) >= 11 is 0. The molecule has 8 heteroatoms. The topological polar surface area (TPSA) is 114 Å². The van der Waals surface area contributed by atoms with E-state index in [0.29, 0.717) is 11.4 Å². The highest BCUT2D eigenvalue weighted by atomic mass is 32.2. The summed E-state index contributed by atoms with van der Waals surface area (Å²) in [5, 5.41) is 3.63. The lowest BCUT2D eigenvalue weighted by Gasteiger charge is -2.05. The van der Waals surface area contributed by atoms with E-state index in [1.807, 2.05) is 0 Å². The van der Waals surface area contributed by atoms with E-state index in [1.54, 1.807) is 24.3 Å². The van der Waals surface area contributed by atoms with Crippen molar-refractivity contribution in [3.05, 3.63) is 30.0 Å². The third-order valence-electron chi connectivity index (χ3n) is 2.44. The molecule has 1 aromatic carbocycles. The van der Waals surface area contributed by atoms with Crippen LogP contribution in [0.3, 0.4) is 0 Å². The number of benzene rings is 1. The summed E-state index contributed by atoms with van der Waals surface area (Å²) in [7, 11) is -3.48. The van der Waals surface area contributed by atoms with E-state index >= 15 is 0 Å². The fourth-order valence-corrected chi connectivity index (χ4v) is 1.86. The Morgan fingerprint density at radius 2 is 2.16 bits per heavy atom. The summed E-state index contributed by atoms with van der Waals surface area (Å²) in [4.78, 5) is 13.9. The fraction of sp³-hybridized carbons (Fsp3) is 0.182. The molecule has 0 atom stereocenters. The molecule has 0 saturated carbocycles. The predicted octanol–water partition coefficient (Wildman–Crippen LogP) is 0.612. The number of amides is 1. The summed E-state index contributed by atoms with van der Waals surface area (Å²) < 4.78 is 26.2. The van der Waals surface area contributed by atoms with Gasteiger partial charge in [0.1, 0.15) is 12.4 Å². The number of H-pyrrole nitrogens is 1. The van der Waals surface area contributed by atoms with Crippen LogP contribution in [0.4, 0.5) is 5.69 Å². The number of nitrogens with one attached hydrogen (secondary N) is 2. The number of aromatic nitrogens is 1. The van der Waals surface area contributed by atoms with Gasteiger partial charge < -0.3 is 16.0 Å². The van der Waals surface area contributed by atoms with E-state index in [0.717, 1.165) is 17.2 Å². The average molecular weight is 283 g/mol. The molecule has 0 saturated heterocycles. The maximum atomic E-state index is 11.0. The van der Waals surface area contributed by atoms with Gasteiger partial charge in [0, 0.05) is 16.6 Å². The van der Waals surface area contributed by atoms with E-state index in [-0.39, 0.29) is 6.73 Å². The zero-order chi connectivity index (χ0) is 14.0. The van der Waals surface area contributed by atoms with Gasteiger partial charge in [-0.15, -0.1) is 0 Å². The molecule has 0 spiro atoms. The molecule has 7 nitrogen and oxygen atoms in total. The number of anilines is 1. The Labute approximate surface area is 109 Å². The Hall–Kier alpha value is -2.06. The molecule has 2 rings (SSSR count). The minimum Gasteiger partial charge on any atom is -0.364 e. The van der Waals surface area contributed by atoms with Gasteiger partial charge in [-0.05, 0) is 18.2 Å². The van der Waals surface area contributed by atoms with Gasteiger partial charge in [0.05, 0.1) is 6.26 Å². The van der Waals surface area contributed by atoms with Gasteiger partial charge in [-0.3, -0.25) is 4.79 Å². The fourth-order valence-electron chi connectivity index (χ4n) is 1.59. The van der Waals surface area contributed by atoms with Gasteiger partial charge in [-0.1, -0.05) is 6.07 Å². The van der Waals surface area contributed by atoms with Crippen molar-refractivity contribution in [1.82, 2.24) is 4.98 Å². The number of carbonyl (C=O) groups is 1. The van der Waals surface area contributed by atoms with Crippen molar-refractivity contribution in [2.75, 3.05) is 18.3 Å². The summed E-state index contributed by atoms with van der Waals surface area (Å²) in [6, 6.07) is 6.90. The van der Waals surface area contributed by atoms with E-state index in [9.17, 15) is 13.2 Å². The van der Waals surface area contributed by atoms with E-state index in [4.69, 9.17) is 5.73 Å². The van der Waals surface area contributed by atoms with Crippen molar-refractivity contribution < 1.29 is 17.4 Å². The standard InChI is InChI=1S/C11H13N3O4S/c1-19(16,17)18-6-13-8-3-2-7-4-10(11(12)15)14-9(7)5-8/h2-5,13-14H,6H2,1H3,(H2,12,15). The summed E-state index contributed by atoms with van der Waals surface area (Å²) in [5.74, 6) is -0.536. The van der Waals surface area contributed by atoms with Gasteiger partial charge in [-0.25, -0.2) is 4.18 Å². The van der Waals surface area contributed by atoms with Crippen molar-refractivity contribution in [2.45, 2.75) is 0 Å². The number of rotatable bonds is 5. The van der Waals surface area contributed by atoms with Gasteiger partial charge in [0.15, 0.2) is 0 Å². The molecule has 0 aliphatic carbocycles. The quantitative estimate of drug-likeness (QED) is 0.549. The highest BCUT2D eigenvalue weighted by Crippen LogP contribution is 2.19. The molecule has 1 amide bonds. The SMILES string of the molecule is CS(=O)(=O)OCNc1ccc2cc(C(N)=O)[nH]c2c1. The highest BCUT2D eigenvalue weighted by molar-refractivity contribution is 7.85. The minimum absolute atomic E-state index is 0.159. The summed E-state index contributed by atoms with van der Waals surface area (Å²) in [5.41, 5.74) is 6.87. The van der Waals surface area contributed by atoms with Crippen LogP contribution in [0.15, 0.2) is 24.3 Å². The Morgan fingerprint density at radius 1 is 1.42 bits per heavy atom. The number of primary amides is 1. The molecule has 102 valence electrons. The van der Waals surface area contributed by atoms with Crippen molar-refractivity contribution in [3.8, 4) is 0 Å². The van der Waals surface area contributed by atoms with Crippen LogP contribution in [0.1, 0.15) is 10.5 Å². The van der Waals surface area contributed by atoms with Crippen LogP contribution in [0, 0.1) is 0 Å². The minimum atomic E-state index is -3.48. The number of nitrogens with two attached hydrogens (primary N) is 1. The number of carbonyl (C=O) groups excluding carboxylic acids is 1. The molecular formula is C11H13N3O4S. The molecule has 0 radical (unpaired) electrons. The normalized spacial score (nSPS) is 11.6. The summed E-state index contributed by atoms with van der Waals surface area (Å²) in [6.45, 7) is -0.159. The van der Waals surface area contributed by atoms with E-state index in [2.05, 4.69) is 14.5 Å². The maximum absolute atomic E-state index is 11.0. The zero-order valence-electron chi connectivity index (χ0n) is 10.1. The van der Waals surface area contributed by atoms with Crippen LogP contribution >= 0.6 is 0 Å². The molecule has 0 aliphatic rings. The van der Waals surface area contributed by atoms with Crippen LogP contribution < -0.4 is 11.1 Å². The van der Waals surface area contributed by atoms with Gasteiger partial charge in [-0.2, -0.15) is 8.42 Å². The first-order chi connectivity index (χ1) is 8.85. The molecular weight excluding hydrogens is 270 g/mol. The van der Waals surface area contributed by atoms with Crippen molar-refractivity contribution in [3.63, 3.8) is 0 Å². The Kier molecular flexibility index (Phi) is 3.45. The third kappa shape index (κ3) is 3.46. The number of aromatic amines is 1. The molecule has 0 bridgehead atoms. The predicted molar refractivity (Wildman–Crippen MR) is 71.2 cm³/mol. The molecule has 0 fully saturated rings. The largest absolute Gasteiger partial charge is 0.364 e. The van der Waals surface area contributed by atoms with Crippen LogP contribution in [-0.2, 0) is 14.3 Å². The van der Waals surface area contributed by atoms with Crippen molar-refractivity contribution in [1.29, 1.82) is 0 Å². The lowest BCUT2D eigenvalue weighted by molar-refractivity contribution is 0.0996. The summed E-state index contributed by atoms with van der Waals surface area (Å²) in [6.07, 6.45) is 0.974. The molecule has 0 aliphatic heterocycles. The van der Waals surface area contributed by atoms with Crippen molar-refractivity contribution in [2.24, 2.45) is 5.73 Å². The Bertz CT molecular complexity index is 721. The second kappa shape index (κ2) is 4.90. The van der Waals surface area contributed by atoms with Gasteiger partial charge >= 0.3 is 0 Å². The second-order valence-electron chi connectivity index (χ2n) is 3.99. The average Bonchev–Trinajstić information content (AvgIpc) is 2.70. The molecule has 2 aromatic rings. The van der Waals surface area contributed by atoms with Gasteiger partial charge in [0.2, 0.25) is 0 Å².